The molecule has 64 heavy (non-hydrogen) atoms. The standard InChI is InChI=1S/C47H51N11O6/c1-27-19-30-21-38(49-27)36-24-48-53(2)46(36)64-26-29-4-3-28(20-29)25-57-40-23-33(6-8-37(40)50-47(57)52-42(30)60)56-17-15-55(16-18-56)31-11-13-54(14-12-31)32-5-7-34-35(22-32)45(63)58(44(34)62)39-9-10-41(59)51-43(39)61/h5-8,19,21-24,28-29,31,39H,3-4,9-18,20,25-26H2,1-2H3,(H,50,52,60)(H,51,59,61)/t28-,29+,39?/m1/s1. The Balaban J connectivity index is 0.762. The summed E-state index contributed by atoms with van der Waals surface area (Å²) < 4.78 is 10.4. The van der Waals surface area contributed by atoms with E-state index in [1.807, 2.05) is 20.0 Å². The van der Waals surface area contributed by atoms with Crippen LogP contribution in [0.4, 0.5) is 17.3 Å². The molecule has 17 heteroatoms. The first-order valence-electron chi connectivity index (χ1n) is 22.6. The zero-order valence-corrected chi connectivity index (χ0v) is 36.1. The van der Waals surface area contributed by atoms with E-state index in [4.69, 9.17) is 14.7 Å². The number of imide groups is 2. The number of ether oxygens (including phenoxy) is 1. The summed E-state index contributed by atoms with van der Waals surface area (Å²) in [7, 11) is 1.87. The lowest BCUT2D eigenvalue weighted by atomic mass is 10.0. The number of aromatic nitrogens is 5. The van der Waals surface area contributed by atoms with Crippen LogP contribution in [0.15, 0.2) is 54.7 Å². The summed E-state index contributed by atoms with van der Waals surface area (Å²) in [6.45, 7) is 8.53. The predicted molar refractivity (Wildman–Crippen MR) is 237 cm³/mol. The molecule has 1 unspecified atom stereocenters. The number of hydrogen-bond donors (Lipinski definition) is 2. The first kappa shape index (κ1) is 40.2. The van der Waals surface area contributed by atoms with Gasteiger partial charge in [-0.1, -0.05) is 0 Å². The van der Waals surface area contributed by atoms with Gasteiger partial charge in [0.05, 0.1) is 46.2 Å². The van der Waals surface area contributed by atoms with E-state index in [0.717, 1.165) is 116 Å². The Morgan fingerprint density at radius 3 is 2.30 bits per heavy atom. The molecule has 3 saturated heterocycles. The Bertz CT molecular complexity index is 2750. The van der Waals surface area contributed by atoms with Gasteiger partial charge >= 0.3 is 0 Å². The number of nitrogens with one attached hydrogen (secondary N) is 2. The molecular weight excluding hydrogens is 815 g/mol. The van der Waals surface area contributed by atoms with Crippen LogP contribution in [0.1, 0.15) is 81.7 Å². The van der Waals surface area contributed by atoms with Gasteiger partial charge < -0.3 is 19.1 Å². The van der Waals surface area contributed by atoms with Crippen molar-refractivity contribution in [2.45, 2.75) is 70.5 Å². The van der Waals surface area contributed by atoms with Gasteiger partial charge in [-0.3, -0.25) is 49.4 Å². The maximum atomic E-state index is 14.0. The SMILES string of the molecule is Cc1cc2cc(n1)-c1cnn(C)c1OC[C@H]1CC[C@H](C1)Cn1c(nc3ccc(N4CCN(C5CCN(c6ccc7c(c6)C(=O)N(C6CCC(=O)NC6=O)C7=O)CC5)CC4)cc31)NC2=O. The molecule has 2 N–H and O–H groups in total. The third kappa shape index (κ3) is 7.15. The van der Waals surface area contributed by atoms with Crippen molar-refractivity contribution < 1.29 is 28.7 Å². The smallest absolute Gasteiger partial charge is 0.262 e. The van der Waals surface area contributed by atoms with Crippen molar-refractivity contribution >= 4 is 57.9 Å². The molecule has 5 aliphatic heterocycles. The number of pyridine rings is 1. The largest absolute Gasteiger partial charge is 0.477 e. The number of nitrogens with zero attached hydrogens (tertiary/aromatic N) is 9. The number of benzene rings is 2. The maximum Gasteiger partial charge on any atom is 0.262 e. The molecule has 4 fully saturated rings. The Kier molecular flexibility index (Phi) is 9.96. The predicted octanol–water partition coefficient (Wildman–Crippen LogP) is 4.39. The molecule has 8 heterocycles. The first-order chi connectivity index (χ1) is 31.0. The van der Waals surface area contributed by atoms with Crippen LogP contribution in [0.5, 0.6) is 5.88 Å². The molecule has 5 aromatic rings. The van der Waals surface area contributed by atoms with E-state index in [0.29, 0.717) is 58.7 Å². The third-order valence-electron chi connectivity index (χ3n) is 14.3. The number of imidazole rings is 1. The number of amides is 5. The Hall–Kier alpha value is -6.62. The number of hydrogen-bond acceptors (Lipinski definition) is 12. The van der Waals surface area contributed by atoms with Gasteiger partial charge in [0.25, 0.3) is 17.7 Å². The fraction of sp³-hybridized carbons (Fsp3) is 0.447. The normalized spacial score (nSPS) is 23.3. The lowest BCUT2D eigenvalue weighted by Gasteiger charge is -2.44. The van der Waals surface area contributed by atoms with E-state index in [2.05, 4.69) is 53.2 Å². The number of fused-ring (bicyclic) bond motifs is 10. The number of anilines is 3. The number of aryl methyl sites for hydroxylation is 2. The summed E-state index contributed by atoms with van der Waals surface area (Å²) in [6, 6.07) is 14.9. The monoisotopic (exact) mass is 865 g/mol. The average Bonchev–Trinajstić information content (AvgIpc) is 4.06. The molecule has 6 aliphatic rings. The number of rotatable bonds is 4. The minimum absolute atomic E-state index is 0.0896. The molecule has 11 rings (SSSR count). The van der Waals surface area contributed by atoms with Crippen molar-refractivity contribution in [3.63, 3.8) is 0 Å². The van der Waals surface area contributed by atoms with Gasteiger partial charge in [0.1, 0.15) is 6.04 Å². The first-order valence-corrected chi connectivity index (χ1v) is 22.6. The number of piperazine rings is 1. The molecule has 330 valence electrons. The fourth-order valence-corrected chi connectivity index (χ4v) is 10.9. The van der Waals surface area contributed by atoms with E-state index < -0.39 is 29.7 Å². The molecule has 5 amide bonds. The molecule has 1 aliphatic carbocycles. The minimum atomic E-state index is -0.979. The van der Waals surface area contributed by atoms with Gasteiger partial charge in [-0.15, -0.1) is 0 Å². The number of carbonyl (C=O) groups is 5. The van der Waals surface area contributed by atoms with Crippen LogP contribution < -0.4 is 25.2 Å². The minimum Gasteiger partial charge on any atom is -0.477 e. The van der Waals surface area contributed by atoms with E-state index in [9.17, 15) is 24.0 Å². The van der Waals surface area contributed by atoms with Gasteiger partial charge in [0.15, 0.2) is 0 Å². The van der Waals surface area contributed by atoms with Gasteiger partial charge in [-0.25, -0.2) is 9.67 Å². The average molecular weight is 866 g/mol. The zero-order chi connectivity index (χ0) is 43.8. The second kappa shape index (κ2) is 15.9. The molecule has 3 aromatic heterocycles. The van der Waals surface area contributed by atoms with E-state index in [1.54, 1.807) is 35.1 Å². The van der Waals surface area contributed by atoms with Crippen LogP contribution in [0.2, 0.25) is 0 Å². The Morgan fingerprint density at radius 1 is 0.734 bits per heavy atom. The van der Waals surface area contributed by atoms with Crippen molar-refractivity contribution in [3.05, 3.63) is 77.1 Å². The van der Waals surface area contributed by atoms with E-state index in [-0.39, 0.29) is 18.7 Å². The molecule has 3 atom stereocenters. The highest BCUT2D eigenvalue weighted by atomic mass is 16.5. The van der Waals surface area contributed by atoms with E-state index >= 15 is 0 Å². The maximum absolute atomic E-state index is 14.0. The lowest BCUT2D eigenvalue weighted by Crippen LogP contribution is -2.54. The topological polar surface area (TPSA) is 180 Å². The Morgan fingerprint density at radius 2 is 1.48 bits per heavy atom. The molecule has 0 radical (unpaired) electrons. The highest BCUT2D eigenvalue weighted by molar-refractivity contribution is 6.23. The van der Waals surface area contributed by atoms with Crippen molar-refractivity contribution in [1.82, 2.24) is 39.4 Å². The highest BCUT2D eigenvalue weighted by Gasteiger charge is 2.45. The Labute approximate surface area is 369 Å². The lowest BCUT2D eigenvalue weighted by molar-refractivity contribution is -0.136. The van der Waals surface area contributed by atoms with E-state index in [1.165, 1.54) is 0 Å². The second-order valence-electron chi connectivity index (χ2n) is 18.3. The second-order valence-corrected chi connectivity index (χ2v) is 18.3. The fourth-order valence-electron chi connectivity index (χ4n) is 10.9. The molecule has 1 saturated carbocycles. The van der Waals surface area contributed by atoms with Crippen molar-refractivity contribution in [2.75, 3.05) is 61.0 Å². The zero-order valence-electron chi connectivity index (χ0n) is 36.1. The molecule has 17 nitrogen and oxygen atoms in total. The van der Waals surface area contributed by atoms with Crippen LogP contribution in [0.3, 0.4) is 0 Å². The summed E-state index contributed by atoms with van der Waals surface area (Å²) in [5.74, 6) is -0.185. The van der Waals surface area contributed by atoms with Gasteiger partial charge in [-0.05, 0) is 106 Å². The molecular formula is C47H51N11O6. The summed E-state index contributed by atoms with van der Waals surface area (Å²) in [5, 5.41) is 9.91. The van der Waals surface area contributed by atoms with Crippen LogP contribution in [-0.2, 0) is 23.2 Å². The summed E-state index contributed by atoms with van der Waals surface area (Å²) in [6.07, 6.45) is 7.09. The summed E-state index contributed by atoms with van der Waals surface area (Å²) >= 11 is 0. The molecule has 4 bridgehead atoms. The van der Waals surface area contributed by atoms with Gasteiger partial charge in [-0.2, -0.15) is 5.10 Å². The molecule has 2 aromatic carbocycles. The summed E-state index contributed by atoms with van der Waals surface area (Å²) in [5.41, 5.74) is 7.13. The quantitative estimate of drug-likeness (QED) is 0.244. The summed E-state index contributed by atoms with van der Waals surface area (Å²) in [4.78, 5) is 83.0. The van der Waals surface area contributed by atoms with Crippen LogP contribution in [0.25, 0.3) is 22.3 Å². The van der Waals surface area contributed by atoms with Crippen molar-refractivity contribution in [1.29, 1.82) is 0 Å². The van der Waals surface area contributed by atoms with Crippen LogP contribution >= 0.6 is 0 Å². The number of piperidine rings is 2. The van der Waals surface area contributed by atoms with Gasteiger partial charge in [0.2, 0.25) is 23.6 Å². The highest BCUT2D eigenvalue weighted by Crippen LogP contribution is 2.38. The van der Waals surface area contributed by atoms with Crippen molar-refractivity contribution in [3.8, 4) is 17.1 Å². The van der Waals surface area contributed by atoms with Gasteiger partial charge in [0, 0.05) is 88.0 Å². The van der Waals surface area contributed by atoms with Crippen molar-refractivity contribution in [2.24, 2.45) is 18.9 Å². The number of carbonyl (C=O) groups excluding carboxylic acids is 5. The van der Waals surface area contributed by atoms with Crippen LogP contribution in [-0.4, -0.2) is 122 Å². The third-order valence-corrected chi connectivity index (χ3v) is 14.3. The van der Waals surface area contributed by atoms with Crippen LogP contribution in [0, 0.1) is 18.8 Å². The molecule has 0 spiro atoms.